The van der Waals surface area contributed by atoms with Crippen molar-refractivity contribution in [3.05, 3.63) is 106 Å². The van der Waals surface area contributed by atoms with E-state index in [1.165, 1.54) is 43.1 Å². The van der Waals surface area contributed by atoms with Gasteiger partial charge in [0.15, 0.2) is 0 Å². The van der Waals surface area contributed by atoms with Crippen LogP contribution < -0.4 is 16.2 Å². The molecule has 7 rings (SSSR count). The Kier molecular flexibility index (Phi) is 7.29. The molecule has 0 unspecified atom stereocenters. The van der Waals surface area contributed by atoms with Crippen LogP contribution in [-0.4, -0.2) is 30.7 Å². The summed E-state index contributed by atoms with van der Waals surface area (Å²) in [7, 11) is 0. The van der Waals surface area contributed by atoms with E-state index in [4.69, 9.17) is 16.6 Å². The lowest BCUT2D eigenvalue weighted by molar-refractivity contribution is -0.105. The molecule has 4 aromatic heterocycles. The molecule has 9 nitrogen and oxygen atoms in total. The standard InChI is InChI=1S/C21H19N7O2.C9H9Cl/c29-12-26-19-7-18(24-11-25-19)23-8-15-10-28-9-14(13-3-4-13)6-17(20(28)27-15)16-2-1-5-22-21(16)30;10-9-3-1-2-8(6-9)7-4-5-7/h1-2,5-7,9-13H,3-4,8H2,(H,22,30)(H2,23,24,25,26,29);1-3,6-7H,4-5H2. The van der Waals surface area contributed by atoms with E-state index in [1.54, 1.807) is 12.3 Å². The number of halogens is 1. The van der Waals surface area contributed by atoms with Gasteiger partial charge in [-0.3, -0.25) is 9.59 Å². The molecular weight excluding hydrogens is 526 g/mol. The fraction of sp³-hybridized carbons (Fsp3) is 0.233. The number of H-pyrrole nitrogens is 1. The van der Waals surface area contributed by atoms with Gasteiger partial charge in [-0.1, -0.05) is 23.7 Å². The summed E-state index contributed by atoms with van der Waals surface area (Å²) in [6, 6.07) is 15.5. The number of hydrogen-bond acceptors (Lipinski definition) is 6. The topological polar surface area (TPSA) is 117 Å². The molecule has 4 heterocycles. The first kappa shape index (κ1) is 25.8. The Labute approximate surface area is 235 Å². The van der Waals surface area contributed by atoms with Crippen molar-refractivity contribution in [1.82, 2.24) is 24.3 Å². The van der Waals surface area contributed by atoms with Crippen molar-refractivity contribution >= 4 is 35.3 Å². The fourth-order valence-corrected chi connectivity index (χ4v) is 4.88. The lowest BCUT2D eigenvalue weighted by Gasteiger charge is -2.07. The van der Waals surface area contributed by atoms with Gasteiger partial charge in [-0.2, -0.15) is 0 Å². The van der Waals surface area contributed by atoms with Crippen molar-refractivity contribution in [2.24, 2.45) is 0 Å². The van der Waals surface area contributed by atoms with E-state index in [-0.39, 0.29) is 5.56 Å². The average molecular weight is 554 g/mol. The number of imidazole rings is 1. The number of aromatic amines is 1. The van der Waals surface area contributed by atoms with Crippen molar-refractivity contribution < 1.29 is 4.79 Å². The molecule has 202 valence electrons. The maximum atomic E-state index is 12.4. The highest BCUT2D eigenvalue weighted by Gasteiger charge is 2.26. The lowest BCUT2D eigenvalue weighted by Crippen LogP contribution is -2.08. The van der Waals surface area contributed by atoms with Gasteiger partial charge in [-0.15, -0.1) is 0 Å². The number of hydrogen-bond donors (Lipinski definition) is 3. The molecule has 5 aromatic rings. The highest BCUT2D eigenvalue weighted by atomic mass is 35.5. The van der Waals surface area contributed by atoms with Gasteiger partial charge in [0, 0.05) is 35.2 Å². The number of benzene rings is 1. The van der Waals surface area contributed by atoms with Gasteiger partial charge in [0.2, 0.25) is 6.41 Å². The number of carbonyl (C=O) groups excluding carboxylic acids is 1. The second kappa shape index (κ2) is 11.3. The molecule has 0 saturated heterocycles. The van der Waals surface area contributed by atoms with Crippen LogP contribution in [0.1, 0.15) is 54.3 Å². The highest BCUT2D eigenvalue weighted by molar-refractivity contribution is 6.30. The van der Waals surface area contributed by atoms with Crippen LogP contribution in [0, 0.1) is 0 Å². The third-order valence-corrected chi connectivity index (χ3v) is 7.24. The molecule has 3 N–H and O–H groups in total. The van der Waals surface area contributed by atoms with Gasteiger partial charge in [-0.25, -0.2) is 15.0 Å². The van der Waals surface area contributed by atoms with Crippen LogP contribution in [0.3, 0.4) is 0 Å². The molecule has 2 aliphatic rings. The van der Waals surface area contributed by atoms with E-state index < -0.39 is 0 Å². The SMILES string of the molecule is Clc1cccc(C2CC2)c1.O=CNc1cc(NCc2cn3cc(C4CC4)cc(-c4ccc[nH]c4=O)c3n2)ncn1. The fourth-order valence-electron chi connectivity index (χ4n) is 4.68. The summed E-state index contributed by atoms with van der Waals surface area (Å²) in [4.78, 5) is 38.6. The van der Waals surface area contributed by atoms with E-state index >= 15 is 0 Å². The van der Waals surface area contributed by atoms with Crippen LogP contribution >= 0.6 is 11.6 Å². The Morgan fingerprint density at radius 3 is 2.50 bits per heavy atom. The third kappa shape index (κ3) is 6.05. The molecule has 2 aliphatic carbocycles. The van der Waals surface area contributed by atoms with Crippen LogP contribution in [0.5, 0.6) is 0 Å². The van der Waals surface area contributed by atoms with Crippen molar-refractivity contribution in [3.63, 3.8) is 0 Å². The molecule has 1 amide bonds. The smallest absolute Gasteiger partial charge is 0.255 e. The molecule has 2 fully saturated rings. The molecule has 0 bridgehead atoms. The van der Waals surface area contributed by atoms with Crippen molar-refractivity contribution in [2.75, 3.05) is 10.6 Å². The van der Waals surface area contributed by atoms with Gasteiger partial charge in [-0.05, 0) is 79.0 Å². The van der Waals surface area contributed by atoms with E-state index in [0.717, 1.165) is 27.8 Å². The van der Waals surface area contributed by atoms with Gasteiger partial charge in [0.1, 0.15) is 23.6 Å². The second-order valence-electron chi connectivity index (χ2n) is 10.1. The molecule has 2 saturated carbocycles. The Morgan fingerprint density at radius 2 is 1.75 bits per heavy atom. The van der Waals surface area contributed by atoms with Gasteiger partial charge >= 0.3 is 0 Å². The van der Waals surface area contributed by atoms with Crippen LogP contribution in [-0.2, 0) is 11.3 Å². The average Bonchev–Trinajstić information content (AvgIpc) is 3.89. The van der Waals surface area contributed by atoms with Crippen LogP contribution in [0.25, 0.3) is 16.8 Å². The van der Waals surface area contributed by atoms with Gasteiger partial charge in [0.05, 0.1) is 17.8 Å². The largest absolute Gasteiger partial charge is 0.364 e. The number of aromatic nitrogens is 5. The summed E-state index contributed by atoms with van der Waals surface area (Å²) in [6.45, 7) is 0.433. The van der Waals surface area contributed by atoms with Crippen LogP contribution in [0.2, 0.25) is 5.02 Å². The Bertz CT molecular complexity index is 1720. The molecule has 0 aliphatic heterocycles. The van der Waals surface area contributed by atoms with E-state index in [9.17, 15) is 9.59 Å². The molecule has 0 spiro atoms. The number of carbonyl (C=O) groups is 1. The summed E-state index contributed by atoms with van der Waals surface area (Å²) in [5, 5.41) is 6.55. The first-order chi connectivity index (χ1) is 19.6. The maximum absolute atomic E-state index is 12.4. The quantitative estimate of drug-likeness (QED) is 0.210. The highest BCUT2D eigenvalue weighted by Crippen LogP contribution is 2.42. The Balaban J connectivity index is 0.000000242. The van der Waals surface area contributed by atoms with Crippen LogP contribution in [0.15, 0.2) is 78.2 Å². The number of nitrogens with zero attached hydrogens (tertiary/aromatic N) is 4. The van der Waals surface area contributed by atoms with Gasteiger partial charge in [0.25, 0.3) is 5.56 Å². The number of pyridine rings is 2. The summed E-state index contributed by atoms with van der Waals surface area (Å²) >= 11 is 5.82. The lowest BCUT2D eigenvalue weighted by atomic mass is 10.0. The number of anilines is 2. The third-order valence-electron chi connectivity index (χ3n) is 7.00. The summed E-state index contributed by atoms with van der Waals surface area (Å²) in [5.41, 5.74) is 5.47. The number of rotatable bonds is 8. The zero-order valence-electron chi connectivity index (χ0n) is 21.7. The monoisotopic (exact) mass is 553 g/mol. The molecule has 1 aromatic carbocycles. The zero-order chi connectivity index (χ0) is 27.5. The molecule has 10 heteroatoms. The Hall–Kier alpha value is -4.50. The molecule has 0 atom stereocenters. The van der Waals surface area contributed by atoms with Crippen LogP contribution in [0.4, 0.5) is 11.6 Å². The maximum Gasteiger partial charge on any atom is 0.255 e. The van der Waals surface area contributed by atoms with Gasteiger partial charge < -0.3 is 20.0 Å². The van der Waals surface area contributed by atoms with Crippen molar-refractivity contribution in [3.8, 4) is 11.1 Å². The number of nitrogens with one attached hydrogen (secondary N) is 3. The minimum absolute atomic E-state index is 0.133. The van der Waals surface area contributed by atoms with E-state index in [1.807, 2.05) is 34.9 Å². The zero-order valence-corrected chi connectivity index (χ0v) is 22.4. The molecular formula is C30H28ClN7O2. The summed E-state index contributed by atoms with van der Waals surface area (Å²) in [6.07, 6.45) is 12.7. The predicted molar refractivity (Wildman–Crippen MR) is 156 cm³/mol. The minimum atomic E-state index is -0.133. The molecule has 40 heavy (non-hydrogen) atoms. The minimum Gasteiger partial charge on any atom is -0.364 e. The van der Waals surface area contributed by atoms with Crippen molar-refractivity contribution in [1.29, 1.82) is 0 Å². The van der Waals surface area contributed by atoms with Crippen molar-refractivity contribution in [2.45, 2.75) is 44.1 Å². The van der Waals surface area contributed by atoms with E-state index in [2.05, 4.69) is 50.0 Å². The first-order valence-electron chi connectivity index (χ1n) is 13.3. The second-order valence-corrected chi connectivity index (χ2v) is 10.5. The number of fused-ring (bicyclic) bond motifs is 1. The Morgan fingerprint density at radius 1 is 0.950 bits per heavy atom. The summed E-state index contributed by atoms with van der Waals surface area (Å²) in [5.74, 6) is 2.35. The number of amides is 1. The summed E-state index contributed by atoms with van der Waals surface area (Å²) < 4.78 is 1.99. The van der Waals surface area contributed by atoms with E-state index in [0.29, 0.717) is 36.1 Å². The molecule has 0 radical (unpaired) electrons. The predicted octanol–water partition coefficient (Wildman–Crippen LogP) is 5.75. The normalized spacial score (nSPS) is 14.3. The first-order valence-corrected chi connectivity index (χ1v) is 13.7.